The summed E-state index contributed by atoms with van der Waals surface area (Å²) < 4.78 is 0. The minimum absolute atomic E-state index is 0.0107. The Hall–Kier alpha value is -1.10. The van der Waals surface area contributed by atoms with Gasteiger partial charge >= 0.3 is 0 Å². The van der Waals surface area contributed by atoms with Crippen molar-refractivity contribution in [1.82, 2.24) is 16.0 Å². The van der Waals surface area contributed by atoms with Crippen LogP contribution in [0.25, 0.3) is 0 Å². The number of amides is 2. The van der Waals surface area contributed by atoms with E-state index < -0.39 is 0 Å². The maximum absolute atomic E-state index is 11.8. The molecule has 0 aromatic heterocycles. The van der Waals surface area contributed by atoms with Gasteiger partial charge in [0.15, 0.2) is 0 Å². The molecule has 110 valence electrons. The van der Waals surface area contributed by atoms with Crippen LogP contribution < -0.4 is 16.0 Å². The smallest absolute Gasteiger partial charge is 0.220 e. The molecule has 0 aliphatic carbocycles. The highest BCUT2D eigenvalue weighted by Crippen LogP contribution is 2.11. The quantitative estimate of drug-likeness (QED) is 0.599. The van der Waals surface area contributed by atoms with Crippen molar-refractivity contribution in [2.24, 2.45) is 5.92 Å². The number of hydrogen-bond acceptors (Lipinski definition) is 3. The van der Waals surface area contributed by atoms with Crippen molar-refractivity contribution < 1.29 is 9.59 Å². The zero-order chi connectivity index (χ0) is 14.1. The summed E-state index contributed by atoms with van der Waals surface area (Å²) in [5.74, 6) is 0.724. The molecule has 1 aliphatic heterocycles. The number of carbonyl (C=O) groups is 2. The number of carbonyl (C=O) groups excluding carboxylic acids is 2. The van der Waals surface area contributed by atoms with Crippen molar-refractivity contribution in [2.45, 2.75) is 52.0 Å². The van der Waals surface area contributed by atoms with E-state index in [1.54, 1.807) is 0 Å². The van der Waals surface area contributed by atoms with Gasteiger partial charge in [0.2, 0.25) is 11.8 Å². The lowest BCUT2D eigenvalue weighted by Crippen LogP contribution is -2.50. The fourth-order valence-electron chi connectivity index (χ4n) is 2.31. The van der Waals surface area contributed by atoms with E-state index in [9.17, 15) is 9.59 Å². The van der Waals surface area contributed by atoms with Crippen molar-refractivity contribution in [3.05, 3.63) is 0 Å². The molecule has 0 radical (unpaired) electrons. The van der Waals surface area contributed by atoms with Gasteiger partial charge in [-0.3, -0.25) is 9.59 Å². The van der Waals surface area contributed by atoms with Gasteiger partial charge in [0.25, 0.3) is 0 Å². The molecule has 1 aliphatic rings. The molecular weight excluding hydrogens is 242 g/mol. The van der Waals surface area contributed by atoms with Crippen LogP contribution in [0.5, 0.6) is 0 Å². The predicted octanol–water partition coefficient (Wildman–Crippen LogP) is 0.797. The Labute approximate surface area is 115 Å². The largest absolute Gasteiger partial charge is 0.356 e. The Morgan fingerprint density at radius 1 is 1.26 bits per heavy atom. The molecule has 19 heavy (non-hydrogen) atoms. The summed E-state index contributed by atoms with van der Waals surface area (Å²) in [4.78, 5) is 22.4. The minimum Gasteiger partial charge on any atom is -0.356 e. The van der Waals surface area contributed by atoms with Gasteiger partial charge < -0.3 is 16.0 Å². The normalized spacial score (nSPS) is 22.8. The highest BCUT2D eigenvalue weighted by Gasteiger charge is 2.22. The topological polar surface area (TPSA) is 70.2 Å². The van der Waals surface area contributed by atoms with Crippen LogP contribution in [-0.2, 0) is 9.59 Å². The van der Waals surface area contributed by atoms with Gasteiger partial charge in [-0.05, 0) is 31.7 Å². The molecule has 5 heteroatoms. The van der Waals surface area contributed by atoms with E-state index in [4.69, 9.17) is 0 Å². The van der Waals surface area contributed by atoms with Crippen LogP contribution in [0.1, 0.15) is 46.0 Å². The molecule has 3 N–H and O–H groups in total. The average molecular weight is 269 g/mol. The first kappa shape index (κ1) is 16.0. The first-order chi connectivity index (χ1) is 9.09. The number of nitrogens with one attached hydrogen (secondary N) is 3. The first-order valence-electron chi connectivity index (χ1n) is 7.34. The van der Waals surface area contributed by atoms with Gasteiger partial charge in [-0.25, -0.2) is 0 Å². The van der Waals surface area contributed by atoms with E-state index in [1.807, 2.05) is 0 Å². The Morgan fingerprint density at radius 3 is 2.74 bits per heavy atom. The van der Waals surface area contributed by atoms with E-state index in [0.29, 0.717) is 18.9 Å². The van der Waals surface area contributed by atoms with Crippen molar-refractivity contribution in [3.63, 3.8) is 0 Å². The number of hydrogen-bond donors (Lipinski definition) is 3. The van der Waals surface area contributed by atoms with Crippen LogP contribution in [0.15, 0.2) is 0 Å². The maximum atomic E-state index is 11.8. The third-order valence-electron chi connectivity index (χ3n) is 3.63. The van der Waals surface area contributed by atoms with Gasteiger partial charge in [0.05, 0.1) is 0 Å². The number of unbranched alkanes of at least 4 members (excludes halogenated alkanes) is 2. The third-order valence-corrected chi connectivity index (χ3v) is 3.63. The Morgan fingerprint density at radius 2 is 2.05 bits per heavy atom. The summed E-state index contributed by atoms with van der Waals surface area (Å²) in [6, 6.07) is 0.278. The van der Waals surface area contributed by atoms with Gasteiger partial charge in [-0.2, -0.15) is 0 Å². The van der Waals surface area contributed by atoms with E-state index in [1.165, 1.54) is 6.92 Å². The summed E-state index contributed by atoms with van der Waals surface area (Å²) in [7, 11) is 0. The summed E-state index contributed by atoms with van der Waals surface area (Å²) in [5.41, 5.74) is 0. The van der Waals surface area contributed by atoms with Crippen LogP contribution in [-0.4, -0.2) is 37.5 Å². The fraction of sp³-hybridized carbons (Fsp3) is 0.857. The van der Waals surface area contributed by atoms with Crippen molar-refractivity contribution in [3.8, 4) is 0 Å². The predicted molar refractivity (Wildman–Crippen MR) is 75.7 cm³/mol. The lowest BCUT2D eigenvalue weighted by molar-refractivity contribution is -0.122. The van der Waals surface area contributed by atoms with Crippen molar-refractivity contribution in [2.75, 3.05) is 19.6 Å². The molecule has 0 saturated carbocycles. The number of piperidine rings is 1. The fourth-order valence-corrected chi connectivity index (χ4v) is 2.31. The van der Waals surface area contributed by atoms with Gasteiger partial charge in [-0.15, -0.1) is 0 Å². The van der Waals surface area contributed by atoms with Crippen molar-refractivity contribution >= 4 is 11.8 Å². The summed E-state index contributed by atoms with van der Waals surface area (Å²) >= 11 is 0. The summed E-state index contributed by atoms with van der Waals surface area (Å²) in [6.45, 7) is 6.36. The zero-order valence-electron chi connectivity index (χ0n) is 12.1. The molecule has 0 aromatic carbocycles. The molecule has 1 saturated heterocycles. The van der Waals surface area contributed by atoms with E-state index in [0.717, 1.165) is 38.8 Å². The monoisotopic (exact) mass is 269 g/mol. The van der Waals surface area contributed by atoms with E-state index in [-0.39, 0.29) is 17.9 Å². The standard InChI is InChI=1S/C14H27N3O2/c1-11-7-9-15-10-13(11)17-14(19)6-4-3-5-8-16-12(2)18/h11,13,15H,3-10H2,1-2H3,(H,16,18)(H,17,19). The van der Waals surface area contributed by atoms with Gasteiger partial charge in [-0.1, -0.05) is 13.3 Å². The van der Waals surface area contributed by atoms with Gasteiger partial charge in [0.1, 0.15) is 0 Å². The molecule has 2 unspecified atom stereocenters. The average Bonchev–Trinajstić information content (AvgIpc) is 2.36. The Kier molecular flexibility index (Phi) is 7.48. The zero-order valence-corrected chi connectivity index (χ0v) is 12.1. The second-order valence-electron chi connectivity index (χ2n) is 5.44. The molecule has 2 amide bonds. The maximum Gasteiger partial charge on any atom is 0.220 e. The van der Waals surface area contributed by atoms with Crippen molar-refractivity contribution in [1.29, 1.82) is 0 Å². The molecule has 0 aromatic rings. The van der Waals surface area contributed by atoms with Crippen LogP contribution in [0.3, 0.4) is 0 Å². The lowest BCUT2D eigenvalue weighted by Gasteiger charge is -2.30. The minimum atomic E-state index is 0.0107. The van der Waals surface area contributed by atoms with Crippen LogP contribution in [0.2, 0.25) is 0 Å². The van der Waals surface area contributed by atoms with Crippen LogP contribution >= 0.6 is 0 Å². The van der Waals surface area contributed by atoms with Crippen LogP contribution in [0.4, 0.5) is 0 Å². The molecule has 2 atom stereocenters. The third kappa shape index (κ3) is 7.15. The highest BCUT2D eigenvalue weighted by atomic mass is 16.2. The van der Waals surface area contributed by atoms with E-state index >= 15 is 0 Å². The molecule has 5 nitrogen and oxygen atoms in total. The second-order valence-corrected chi connectivity index (χ2v) is 5.44. The lowest BCUT2D eigenvalue weighted by atomic mass is 9.94. The Bertz CT molecular complexity index is 294. The van der Waals surface area contributed by atoms with E-state index in [2.05, 4.69) is 22.9 Å². The second kappa shape index (κ2) is 8.91. The summed E-state index contributed by atoms with van der Waals surface area (Å²) in [6.07, 6.45) is 4.52. The highest BCUT2D eigenvalue weighted by molar-refractivity contribution is 5.76. The Balaban J connectivity index is 2.02. The molecule has 1 rings (SSSR count). The SMILES string of the molecule is CC(=O)NCCCCCC(=O)NC1CNCCC1C. The van der Waals surface area contributed by atoms with Gasteiger partial charge in [0, 0.05) is 32.5 Å². The summed E-state index contributed by atoms with van der Waals surface area (Å²) in [5, 5.41) is 9.17. The molecule has 0 spiro atoms. The molecule has 0 bridgehead atoms. The molecular formula is C14H27N3O2. The molecule has 1 fully saturated rings. The molecule has 1 heterocycles. The number of rotatable bonds is 7. The first-order valence-corrected chi connectivity index (χ1v) is 7.34. The van der Waals surface area contributed by atoms with Crippen LogP contribution in [0, 0.1) is 5.92 Å².